The minimum atomic E-state index is -0.556. The summed E-state index contributed by atoms with van der Waals surface area (Å²) in [4.78, 5) is 22.8. The van der Waals surface area contributed by atoms with Crippen LogP contribution in [0.2, 0.25) is 0 Å². The van der Waals surface area contributed by atoms with Crippen LogP contribution in [0.5, 0.6) is 0 Å². The predicted molar refractivity (Wildman–Crippen MR) is 82.0 cm³/mol. The van der Waals surface area contributed by atoms with Crippen LogP contribution in [0.3, 0.4) is 0 Å². The first-order valence-corrected chi connectivity index (χ1v) is 7.16. The van der Waals surface area contributed by atoms with Crippen molar-refractivity contribution in [1.29, 1.82) is 0 Å². The molecule has 0 bridgehead atoms. The molecule has 0 saturated heterocycles. The first kappa shape index (κ1) is 17.9. The Morgan fingerprint density at radius 2 is 1.68 bits per heavy atom. The zero-order valence-electron chi connectivity index (χ0n) is 13.0. The molecule has 0 heterocycles. The van der Waals surface area contributed by atoms with Gasteiger partial charge in [-0.1, -0.05) is 24.3 Å². The van der Waals surface area contributed by atoms with E-state index in [9.17, 15) is 9.59 Å². The number of aryl methyl sites for hydroxylation is 1. The van der Waals surface area contributed by atoms with Crippen LogP contribution in [0.4, 0.5) is 0 Å². The molecule has 0 fully saturated rings. The van der Waals surface area contributed by atoms with Crippen LogP contribution in [0.1, 0.15) is 30.4 Å². The van der Waals surface area contributed by atoms with Crippen molar-refractivity contribution in [3.05, 3.63) is 47.0 Å². The highest BCUT2D eigenvalue weighted by atomic mass is 16.5. The third-order valence-electron chi connectivity index (χ3n) is 3.31. The van der Waals surface area contributed by atoms with Gasteiger partial charge in [0.15, 0.2) is 0 Å². The largest absolute Gasteiger partial charge is 0.466 e. The van der Waals surface area contributed by atoms with Crippen LogP contribution in [-0.4, -0.2) is 31.3 Å². The lowest BCUT2D eigenvalue weighted by molar-refractivity contribution is -0.138. The molecule has 0 aromatic heterocycles. The maximum absolute atomic E-state index is 11.6. The molecular weight excluding hydrogens is 284 g/mol. The van der Waals surface area contributed by atoms with E-state index in [-0.39, 0.29) is 6.61 Å². The highest BCUT2D eigenvalue weighted by Gasteiger charge is 2.11. The van der Waals surface area contributed by atoms with Crippen molar-refractivity contribution in [2.75, 3.05) is 14.2 Å². The number of hydrogen-bond donors (Lipinski definition) is 1. The van der Waals surface area contributed by atoms with Crippen molar-refractivity contribution in [1.82, 2.24) is 0 Å². The summed E-state index contributed by atoms with van der Waals surface area (Å²) in [5.41, 5.74) is 2.39. The highest BCUT2D eigenvalue weighted by molar-refractivity contribution is 5.96. The molecule has 0 unspecified atom stereocenters. The van der Waals surface area contributed by atoms with Gasteiger partial charge in [0.25, 0.3) is 0 Å². The van der Waals surface area contributed by atoms with E-state index in [1.54, 1.807) is 0 Å². The summed E-state index contributed by atoms with van der Waals surface area (Å²) in [5, 5.41) is 8.98. The average Bonchev–Trinajstić information content (AvgIpc) is 2.57. The Morgan fingerprint density at radius 1 is 1.05 bits per heavy atom. The number of carbonyl (C=O) groups is 2. The minimum absolute atomic E-state index is 0.0428. The minimum Gasteiger partial charge on any atom is -0.466 e. The van der Waals surface area contributed by atoms with Gasteiger partial charge in [-0.25, -0.2) is 9.59 Å². The SMILES string of the molecule is COC(=O)/C=C(/CCCCc1ccc(CO)cc1)C(=O)OC. The molecule has 1 rings (SSSR count). The summed E-state index contributed by atoms with van der Waals surface area (Å²) in [6, 6.07) is 7.76. The van der Waals surface area contributed by atoms with Gasteiger partial charge in [-0.3, -0.25) is 0 Å². The Morgan fingerprint density at radius 3 is 2.23 bits per heavy atom. The molecule has 0 aliphatic heterocycles. The lowest BCUT2D eigenvalue weighted by Gasteiger charge is -2.06. The number of esters is 2. The topological polar surface area (TPSA) is 72.8 Å². The van der Waals surface area contributed by atoms with Crippen molar-refractivity contribution in [2.45, 2.75) is 32.3 Å². The van der Waals surface area contributed by atoms with Gasteiger partial charge in [0, 0.05) is 11.6 Å². The van der Waals surface area contributed by atoms with Gasteiger partial charge < -0.3 is 14.6 Å². The van der Waals surface area contributed by atoms with E-state index in [2.05, 4.69) is 9.47 Å². The van der Waals surface area contributed by atoms with Gasteiger partial charge in [-0.05, 0) is 36.8 Å². The fourth-order valence-electron chi connectivity index (χ4n) is 2.02. The Labute approximate surface area is 130 Å². The Kier molecular flexibility index (Phi) is 7.92. The van der Waals surface area contributed by atoms with Crippen LogP contribution in [0.25, 0.3) is 0 Å². The second-order valence-electron chi connectivity index (χ2n) is 4.87. The van der Waals surface area contributed by atoms with Crippen molar-refractivity contribution in [3.63, 3.8) is 0 Å². The molecule has 120 valence electrons. The summed E-state index contributed by atoms with van der Waals surface area (Å²) in [5.74, 6) is -1.06. The van der Waals surface area contributed by atoms with E-state index in [1.807, 2.05) is 24.3 Å². The van der Waals surface area contributed by atoms with Crippen LogP contribution in [0.15, 0.2) is 35.9 Å². The molecule has 1 N–H and O–H groups in total. The van der Waals surface area contributed by atoms with Gasteiger partial charge in [0.2, 0.25) is 0 Å². The van der Waals surface area contributed by atoms with E-state index in [0.717, 1.165) is 24.8 Å². The highest BCUT2D eigenvalue weighted by Crippen LogP contribution is 2.13. The van der Waals surface area contributed by atoms with E-state index in [4.69, 9.17) is 5.11 Å². The van der Waals surface area contributed by atoms with Gasteiger partial charge in [-0.15, -0.1) is 0 Å². The summed E-state index contributed by atoms with van der Waals surface area (Å²) < 4.78 is 9.19. The van der Waals surface area contributed by atoms with Crippen molar-refractivity contribution in [2.24, 2.45) is 0 Å². The molecule has 0 atom stereocenters. The van der Waals surface area contributed by atoms with Gasteiger partial charge >= 0.3 is 11.9 Å². The Hall–Kier alpha value is -2.14. The number of carbonyl (C=O) groups excluding carboxylic acids is 2. The Bertz CT molecular complexity index is 516. The monoisotopic (exact) mass is 306 g/mol. The van der Waals surface area contributed by atoms with Crippen molar-refractivity contribution >= 4 is 11.9 Å². The van der Waals surface area contributed by atoms with E-state index < -0.39 is 11.9 Å². The number of aliphatic hydroxyl groups is 1. The zero-order valence-corrected chi connectivity index (χ0v) is 13.0. The van der Waals surface area contributed by atoms with Gasteiger partial charge in [0.05, 0.1) is 20.8 Å². The van der Waals surface area contributed by atoms with E-state index >= 15 is 0 Å². The molecule has 22 heavy (non-hydrogen) atoms. The molecule has 0 radical (unpaired) electrons. The standard InChI is InChI=1S/C17H22O5/c1-21-16(19)11-15(17(20)22-2)6-4-3-5-13-7-9-14(12-18)10-8-13/h7-11,18H,3-6,12H2,1-2H3/b15-11-. The lowest BCUT2D eigenvalue weighted by atomic mass is 10.0. The molecule has 1 aromatic rings. The number of aliphatic hydroxyl groups excluding tert-OH is 1. The molecule has 0 saturated carbocycles. The number of benzene rings is 1. The van der Waals surface area contributed by atoms with Crippen molar-refractivity contribution < 1.29 is 24.2 Å². The average molecular weight is 306 g/mol. The zero-order chi connectivity index (χ0) is 16.4. The summed E-state index contributed by atoms with van der Waals surface area (Å²) in [6.07, 6.45) is 4.17. The predicted octanol–water partition coefficient (Wildman–Crippen LogP) is 2.16. The van der Waals surface area contributed by atoms with Gasteiger partial charge in [-0.2, -0.15) is 0 Å². The molecule has 5 heteroatoms. The third kappa shape index (κ3) is 6.10. The number of methoxy groups -OCH3 is 2. The number of unbranched alkanes of at least 4 members (excludes halogenated alkanes) is 1. The number of ether oxygens (including phenoxy) is 2. The number of hydrogen-bond acceptors (Lipinski definition) is 5. The second kappa shape index (κ2) is 9.73. The van der Waals surface area contributed by atoms with E-state index in [0.29, 0.717) is 12.0 Å². The second-order valence-corrected chi connectivity index (χ2v) is 4.87. The number of rotatable bonds is 8. The maximum atomic E-state index is 11.6. The maximum Gasteiger partial charge on any atom is 0.333 e. The van der Waals surface area contributed by atoms with Gasteiger partial charge in [0.1, 0.15) is 0 Å². The fraction of sp³-hybridized carbons (Fsp3) is 0.412. The van der Waals surface area contributed by atoms with Crippen LogP contribution < -0.4 is 0 Å². The lowest BCUT2D eigenvalue weighted by Crippen LogP contribution is -2.08. The summed E-state index contributed by atoms with van der Waals surface area (Å²) in [6.45, 7) is 0.0428. The Balaban J connectivity index is 2.46. The first-order chi connectivity index (χ1) is 10.6. The van der Waals surface area contributed by atoms with Crippen LogP contribution >= 0.6 is 0 Å². The first-order valence-electron chi connectivity index (χ1n) is 7.16. The van der Waals surface area contributed by atoms with Crippen molar-refractivity contribution in [3.8, 4) is 0 Å². The molecule has 0 amide bonds. The third-order valence-corrected chi connectivity index (χ3v) is 3.31. The smallest absolute Gasteiger partial charge is 0.333 e. The quantitative estimate of drug-likeness (QED) is 0.453. The molecular formula is C17H22O5. The van der Waals surface area contributed by atoms with E-state index in [1.165, 1.54) is 25.9 Å². The molecule has 5 nitrogen and oxygen atoms in total. The fourth-order valence-corrected chi connectivity index (χ4v) is 2.02. The molecule has 0 aliphatic carbocycles. The van der Waals surface area contributed by atoms with Crippen LogP contribution in [0, 0.1) is 0 Å². The summed E-state index contributed by atoms with van der Waals surface area (Å²) >= 11 is 0. The molecule has 0 aliphatic rings. The molecule has 1 aromatic carbocycles. The molecule has 0 spiro atoms. The summed E-state index contributed by atoms with van der Waals surface area (Å²) in [7, 11) is 2.56. The normalized spacial score (nSPS) is 11.1. The van der Waals surface area contributed by atoms with Crippen LogP contribution in [-0.2, 0) is 32.1 Å².